The van der Waals surface area contributed by atoms with Gasteiger partial charge in [0.15, 0.2) is 0 Å². The summed E-state index contributed by atoms with van der Waals surface area (Å²) in [5.41, 5.74) is 34.5. The van der Waals surface area contributed by atoms with Crippen LogP contribution in [0.5, 0.6) is 0 Å². The number of hydrogen-bond acceptors (Lipinski definition) is 2. The quantitative estimate of drug-likeness (QED) is 0.122. The van der Waals surface area contributed by atoms with E-state index in [-0.39, 0.29) is 5.41 Å². The molecule has 2 nitrogen and oxygen atoms in total. The molecule has 1 aliphatic rings. The van der Waals surface area contributed by atoms with Crippen molar-refractivity contribution in [3.63, 3.8) is 0 Å². The van der Waals surface area contributed by atoms with Crippen molar-refractivity contribution in [2.45, 2.75) is 19.3 Å². The van der Waals surface area contributed by atoms with Crippen molar-refractivity contribution in [1.82, 2.24) is 9.13 Å². The van der Waals surface area contributed by atoms with Gasteiger partial charge in [-0.1, -0.05) is 323 Å². The molecule has 4 heterocycles. The first-order chi connectivity index (χ1) is 56.7. The lowest BCUT2D eigenvalue weighted by Crippen LogP contribution is -2.15. The number of nitrogens with zero attached hydrogens (tertiary/aromatic N) is 2. The van der Waals surface area contributed by atoms with Crippen LogP contribution in [0.25, 0.3) is 207 Å². The fraction of sp³-hybridized carbons (Fsp3) is 0.0270. The van der Waals surface area contributed by atoms with Crippen molar-refractivity contribution in [2.75, 3.05) is 0 Å². The first-order valence-corrected chi connectivity index (χ1v) is 41.3. The van der Waals surface area contributed by atoms with Gasteiger partial charge in [0.1, 0.15) is 0 Å². The lowest BCUT2D eigenvalue weighted by atomic mass is 9.82. The molecule has 22 aromatic rings. The van der Waals surface area contributed by atoms with Gasteiger partial charge in [0.05, 0.1) is 22.1 Å². The zero-order valence-electron chi connectivity index (χ0n) is 63.5. The summed E-state index contributed by atoms with van der Waals surface area (Å²) in [5.74, 6) is 0. The van der Waals surface area contributed by atoms with Crippen LogP contribution in [0.15, 0.2) is 413 Å². The molecule has 0 saturated heterocycles. The Kier molecular flexibility index (Phi) is 16.4. The standard InChI is InChI=1S/C57H39NS.C54H35NS/c1-57(2)51-20-9-6-15-45(51)46-30-28-43(35-52(46)57)58-53-21-10-7-16-47(53)48-29-27-39(34-54(48)58)41-31-40(38-25-23-37(24-26-38)36-13-4-3-5-14-36)32-42(33-41)44-18-12-19-50-49-17-8-11-22-55(49)59-56(44)50;1-4-13-36(14-5-1)38-23-25-39(26-24-38)42-31-43(41-27-29-48-47-19-10-11-22-51(47)55(52(48)35-41)45-17-8-3-9-18-45)33-44(32-42)46-20-12-21-49-50-34-40(37-15-6-2-7-16-37)28-30-53(50)56-54(46)49/h3-35H,1-2H3;1-35H. The van der Waals surface area contributed by atoms with Crippen molar-refractivity contribution in [2.24, 2.45) is 0 Å². The van der Waals surface area contributed by atoms with Gasteiger partial charge in [0.25, 0.3) is 0 Å². The summed E-state index contributed by atoms with van der Waals surface area (Å²) in [6.45, 7) is 4.73. The SMILES string of the molecule is CC1(C)c2ccccc2-c2ccc(-n3c4ccccc4c4ccc(-c5cc(-c6ccc(-c7ccccc7)cc6)cc(-c6cccc7c6sc6ccccc67)c5)cc43)cc21.c1ccc(-c2ccc(-c3cc(-c4ccc5c6ccccc6n(-c6ccccc6)c5c4)cc(-c4cccc5c4sc4ccc(-c6ccccc6)cc45)c3)cc2)cc1. The Morgan fingerprint density at radius 2 is 0.530 bits per heavy atom. The fourth-order valence-electron chi connectivity index (χ4n) is 18.3. The van der Waals surface area contributed by atoms with E-state index in [1.165, 1.54) is 212 Å². The third-order valence-corrected chi connectivity index (χ3v) is 26.4. The summed E-state index contributed by atoms with van der Waals surface area (Å²) >= 11 is 3.78. The van der Waals surface area contributed by atoms with E-state index in [9.17, 15) is 0 Å². The van der Waals surface area contributed by atoms with Gasteiger partial charge in [-0.2, -0.15) is 0 Å². The Bertz CT molecular complexity index is 7570. The molecule has 0 radical (unpaired) electrons. The van der Waals surface area contributed by atoms with E-state index < -0.39 is 0 Å². The molecule has 0 N–H and O–H groups in total. The van der Waals surface area contributed by atoms with Crippen LogP contribution in [0.2, 0.25) is 0 Å². The second-order valence-electron chi connectivity index (χ2n) is 31.0. The lowest BCUT2D eigenvalue weighted by Gasteiger charge is -2.22. The first kappa shape index (κ1) is 67.9. The highest BCUT2D eigenvalue weighted by atomic mass is 32.1. The van der Waals surface area contributed by atoms with Gasteiger partial charge in [-0.05, 0) is 226 Å². The van der Waals surface area contributed by atoms with Crippen LogP contribution in [0.1, 0.15) is 25.0 Å². The van der Waals surface area contributed by atoms with E-state index in [1.807, 2.05) is 22.7 Å². The van der Waals surface area contributed by atoms with Gasteiger partial charge in [-0.25, -0.2) is 0 Å². The maximum absolute atomic E-state index is 2.48. The molecule has 540 valence electrons. The third-order valence-electron chi connectivity index (χ3n) is 24.0. The molecule has 0 aliphatic heterocycles. The molecule has 0 fully saturated rings. The number of fused-ring (bicyclic) bond motifs is 15. The van der Waals surface area contributed by atoms with Crippen LogP contribution in [-0.2, 0) is 5.41 Å². The molecule has 0 unspecified atom stereocenters. The minimum absolute atomic E-state index is 0.0841. The van der Waals surface area contributed by atoms with Crippen LogP contribution in [0, 0.1) is 0 Å². The van der Waals surface area contributed by atoms with E-state index in [2.05, 4.69) is 435 Å². The minimum Gasteiger partial charge on any atom is -0.309 e. The van der Waals surface area contributed by atoms with Crippen LogP contribution in [0.4, 0.5) is 0 Å². The molecule has 1 aliphatic carbocycles. The third kappa shape index (κ3) is 11.7. The summed E-state index contributed by atoms with van der Waals surface area (Å²) in [6, 6.07) is 152. The molecule has 0 saturated carbocycles. The zero-order chi connectivity index (χ0) is 76.2. The Morgan fingerprint density at radius 1 is 0.183 bits per heavy atom. The average Bonchev–Trinajstić information content (AvgIpc) is 1.56. The number of thiophene rings is 2. The molecule has 0 amide bonds. The Hall–Kier alpha value is -14.0. The van der Waals surface area contributed by atoms with E-state index in [0.717, 1.165) is 5.69 Å². The van der Waals surface area contributed by atoms with Crippen molar-refractivity contribution in [1.29, 1.82) is 0 Å². The number of hydrogen-bond donors (Lipinski definition) is 0. The highest BCUT2D eigenvalue weighted by Gasteiger charge is 2.36. The molecule has 115 heavy (non-hydrogen) atoms. The number of rotatable bonds is 11. The summed E-state index contributed by atoms with van der Waals surface area (Å²) in [5, 5.41) is 10.3. The van der Waals surface area contributed by atoms with Crippen molar-refractivity contribution < 1.29 is 0 Å². The monoisotopic (exact) mass is 1500 g/mol. The predicted molar refractivity (Wildman–Crippen MR) is 494 cm³/mol. The van der Waals surface area contributed by atoms with Crippen LogP contribution < -0.4 is 0 Å². The lowest BCUT2D eigenvalue weighted by molar-refractivity contribution is 0.660. The normalized spacial score (nSPS) is 12.3. The zero-order valence-corrected chi connectivity index (χ0v) is 65.1. The smallest absolute Gasteiger partial charge is 0.0547 e. The molecule has 0 bridgehead atoms. The predicted octanol–water partition coefficient (Wildman–Crippen LogP) is 31.6. The Labute approximate surface area is 676 Å². The van der Waals surface area contributed by atoms with Crippen LogP contribution >= 0.6 is 22.7 Å². The van der Waals surface area contributed by atoms with Gasteiger partial charge in [0.2, 0.25) is 0 Å². The molecule has 4 aromatic heterocycles. The van der Waals surface area contributed by atoms with E-state index >= 15 is 0 Å². The van der Waals surface area contributed by atoms with Crippen LogP contribution in [0.3, 0.4) is 0 Å². The Balaban J connectivity index is 0.000000140. The molecule has 23 rings (SSSR count). The minimum atomic E-state index is -0.0841. The van der Waals surface area contributed by atoms with Gasteiger partial charge in [0, 0.05) is 78.7 Å². The molecular formula is C111H74N2S2. The highest BCUT2D eigenvalue weighted by Crippen LogP contribution is 2.51. The van der Waals surface area contributed by atoms with Crippen molar-refractivity contribution in [3.8, 4) is 123 Å². The van der Waals surface area contributed by atoms with Gasteiger partial charge in [-0.15, -0.1) is 22.7 Å². The van der Waals surface area contributed by atoms with Gasteiger partial charge < -0.3 is 9.13 Å². The summed E-state index contributed by atoms with van der Waals surface area (Å²) in [6.07, 6.45) is 0. The maximum Gasteiger partial charge on any atom is 0.0547 e. The van der Waals surface area contributed by atoms with Crippen LogP contribution in [-0.4, -0.2) is 9.13 Å². The maximum atomic E-state index is 2.48. The number of benzene rings is 18. The Morgan fingerprint density at radius 3 is 1.07 bits per heavy atom. The second kappa shape index (κ2) is 27.7. The largest absolute Gasteiger partial charge is 0.309 e. The summed E-state index contributed by atoms with van der Waals surface area (Å²) in [4.78, 5) is 0. The van der Waals surface area contributed by atoms with Crippen molar-refractivity contribution in [3.05, 3.63) is 424 Å². The molecule has 0 spiro atoms. The molecular weight excluding hydrogens is 1430 g/mol. The molecule has 4 heteroatoms. The van der Waals surface area contributed by atoms with E-state index in [0.29, 0.717) is 0 Å². The molecule has 0 atom stereocenters. The van der Waals surface area contributed by atoms with Gasteiger partial charge >= 0.3 is 0 Å². The van der Waals surface area contributed by atoms with E-state index in [4.69, 9.17) is 0 Å². The fourth-order valence-corrected chi connectivity index (χ4v) is 20.7. The summed E-state index contributed by atoms with van der Waals surface area (Å²) in [7, 11) is 0. The van der Waals surface area contributed by atoms with E-state index in [1.54, 1.807) is 0 Å². The first-order valence-electron chi connectivity index (χ1n) is 39.7. The highest BCUT2D eigenvalue weighted by molar-refractivity contribution is 7.26. The number of para-hydroxylation sites is 3. The van der Waals surface area contributed by atoms with Gasteiger partial charge in [-0.3, -0.25) is 0 Å². The summed E-state index contributed by atoms with van der Waals surface area (Å²) < 4.78 is 10.2. The number of aromatic nitrogens is 2. The molecule has 18 aromatic carbocycles. The van der Waals surface area contributed by atoms with Crippen molar-refractivity contribution >= 4 is 107 Å². The topological polar surface area (TPSA) is 9.86 Å². The second-order valence-corrected chi connectivity index (χ2v) is 33.1. The average molecular weight is 1500 g/mol.